The molecule has 2 aromatic carbocycles. The zero-order valence-corrected chi connectivity index (χ0v) is 23.2. The van der Waals surface area contributed by atoms with Crippen molar-refractivity contribution in [3.05, 3.63) is 102 Å². The molecule has 1 aliphatic heterocycles. The summed E-state index contributed by atoms with van der Waals surface area (Å²) in [6.07, 6.45) is 3.63. The quantitative estimate of drug-likeness (QED) is 0.336. The van der Waals surface area contributed by atoms with Crippen molar-refractivity contribution in [1.29, 1.82) is 0 Å². The Labute approximate surface area is 231 Å². The molecule has 1 heterocycles. The van der Waals surface area contributed by atoms with Gasteiger partial charge in [0.15, 0.2) is 0 Å². The largest absolute Gasteiger partial charge is 0.497 e. The van der Waals surface area contributed by atoms with Crippen LogP contribution in [0.25, 0.3) is 0 Å². The van der Waals surface area contributed by atoms with E-state index >= 15 is 0 Å². The van der Waals surface area contributed by atoms with E-state index in [1.165, 1.54) is 6.08 Å². The van der Waals surface area contributed by atoms with Crippen LogP contribution < -0.4 is 4.74 Å². The van der Waals surface area contributed by atoms with Crippen LogP contribution in [0, 0.1) is 5.92 Å². The number of methoxy groups -OCH3 is 1. The summed E-state index contributed by atoms with van der Waals surface area (Å²) in [4.78, 5) is 27.9. The number of cyclic esters (lactones) is 1. The van der Waals surface area contributed by atoms with Crippen molar-refractivity contribution in [1.82, 2.24) is 4.90 Å². The van der Waals surface area contributed by atoms with E-state index in [0.717, 1.165) is 27.3 Å². The van der Waals surface area contributed by atoms with Gasteiger partial charge >= 0.3 is 6.09 Å². The highest BCUT2D eigenvalue weighted by molar-refractivity contribution is 5.96. The minimum atomic E-state index is -1.28. The molecule has 1 aliphatic rings. The molecule has 1 saturated heterocycles. The number of amides is 2. The Hall–Kier alpha value is -3.68. The van der Waals surface area contributed by atoms with Crippen molar-refractivity contribution in [2.75, 3.05) is 13.7 Å². The number of carbonyl (C=O) groups excluding carboxylic acids is 2. The van der Waals surface area contributed by atoms with E-state index < -0.39 is 36.2 Å². The maximum atomic E-state index is 14.0. The van der Waals surface area contributed by atoms with Gasteiger partial charge in [-0.1, -0.05) is 71.8 Å². The van der Waals surface area contributed by atoms with Gasteiger partial charge in [0, 0.05) is 0 Å². The number of rotatable bonds is 13. The predicted octanol–water partition coefficient (Wildman–Crippen LogP) is 5.64. The van der Waals surface area contributed by atoms with Crippen LogP contribution in [-0.2, 0) is 27.3 Å². The molecule has 0 spiro atoms. The molecule has 2 amide bonds. The molecule has 4 atom stereocenters. The summed E-state index contributed by atoms with van der Waals surface area (Å²) in [7, 11) is 1.60. The summed E-state index contributed by atoms with van der Waals surface area (Å²) in [6.45, 7) is 9.92. The number of imide groups is 1. The number of aliphatic hydroxyl groups excluding tert-OH is 1. The van der Waals surface area contributed by atoms with Gasteiger partial charge in [-0.3, -0.25) is 4.79 Å². The Morgan fingerprint density at radius 2 is 1.79 bits per heavy atom. The SMILES string of the molecule is C=C[C@@H](OCc1ccc(OC)cc1)[C@@H](O)[C@@H](C(=O)N1C(=O)OC[C@H]1Cc1ccccc1)/C(C)=C/CC=C(C)C. The van der Waals surface area contributed by atoms with Crippen molar-refractivity contribution in [2.24, 2.45) is 5.92 Å². The van der Waals surface area contributed by atoms with Gasteiger partial charge in [0.2, 0.25) is 5.91 Å². The molecule has 0 aromatic heterocycles. The molecular weight excluding hydrogens is 494 g/mol. The van der Waals surface area contributed by atoms with Crippen molar-refractivity contribution in [3.63, 3.8) is 0 Å². The van der Waals surface area contributed by atoms with E-state index in [0.29, 0.717) is 18.4 Å². The van der Waals surface area contributed by atoms with Crippen LogP contribution in [-0.4, -0.2) is 54.0 Å². The number of nitrogens with zero attached hydrogens (tertiary/aromatic N) is 1. The summed E-state index contributed by atoms with van der Waals surface area (Å²) in [5.74, 6) is -0.820. The van der Waals surface area contributed by atoms with Crippen LogP contribution in [0.5, 0.6) is 5.75 Å². The fraction of sp³-hybridized carbons (Fsp3) is 0.375. The lowest BCUT2D eigenvalue weighted by Gasteiger charge is -2.31. The number of benzene rings is 2. The fourth-order valence-corrected chi connectivity index (χ4v) is 4.54. The molecule has 208 valence electrons. The average Bonchev–Trinajstić information content (AvgIpc) is 3.29. The Bertz CT molecular complexity index is 1170. The maximum absolute atomic E-state index is 14.0. The zero-order valence-electron chi connectivity index (χ0n) is 23.2. The molecule has 1 fully saturated rings. The number of ether oxygens (including phenoxy) is 3. The molecule has 0 bridgehead atoms. The van der Waals surface area contributed by atoms with E-state index in [-0.39, 0.29) is 13.2 Å². The van der Waals surface area contributed by atoms with Gasteiger partial charge in [-0.2, -0.15) is 0 Å². The number of hydrogen-bond acceptors (Lipinski definition) is 6. The average molecular weight is 534 g/mol. The van der Waals surface area contributed by atoms with Gasteiger partial charge < -0.3 is 19.3 Å². The van der Waals surface area contributed by atoms with E-state index in [2.05, 4.69) is 6.58 Å². The lowest BCUT2D eigenvalue weighted by atomic mass is 9.88. The lowest BCUT2D eigenvalue weighted by Crippen LogP contribution is -2.49. The van der Waals surface area contributed by atoms with Crippen LogP contribution in [0.3, 0.4) is 0 Å². The Morgan fingerprint density at radius 3 is 2.41 bits per heavy atom. The van der Waals surface area contributed by atoms with Gasteiger partial charge in [0.05, 0.1) is 31.8 Å². The third kappa shape index (κ3) is 8.15. The van der Waals surface area contributed by atoms with Crippen LogP contribution in [0.4, 0.5) is 4.79 Å². The summed E-state index contributed by atoms with van der Waals surface area (Å²) in [6, 6.07) is 16.5. The first-order valence-corrected chi connectivity index (χ1v) is 13.1. The zero-order chi connectivity index (χ0) is 28.4. The van der Waals surface area contributed by atoms with Crippen molar-refractivity contribution in [2.45, 2.75) is 58.5 Å². The first-order chi connectivity index (χ1) is 18.7. The topological polar surface area (TPSA) is 85.3 Å². The molecular formula is C32H39NO6. The summed E-state index contributed by atoms with van der Waals surface area (Å²) < 4.78 is 16.5. The molecule has 0 radical (unpaired) electrons. The molecule has 7 heteroatoms. The molecule has 2 aromatic rings. The van der Waals surface area contributed by atoms with Crippen LogP contribution in [0.15, 0.2) is 90.6 Å². The first-order valence-electron chi connectivity index (χ1n) is 13.1. The third-order valence-corrected chi connectivity index (χ3v) is 6.75. The second-order valence-electron chi connectivity index (χ2n) is 9.92. The fourth-order valence-electron chi connectivity index (χ4n) is 4.54. The van der Waals surface area contributed by atoms with Gasteiger partial charge in [0.1, 0.15) is 18.5 Å². The third-order valence-electron chi connectivity index (χ3n) is 6.75. The smallest absolute Gasteiger partial charge is 0.417 e. The van der Waals surface area contributed by atoms with Crippen LogP contribution in [0.1, 0.15) is 38.3 Å². The normalized spacial score (nSPS) is 17.7. The summed E-state index contributed by atoms with van der Waals surface area (Å²) in [5, 5.41) is 11.5. The predicted molar refractivity (Wildman–Crippen MR) is 151 cm³/mol. The standard InChI is InChI=1S/C32H39NO6/c1-6-28(38-20-25-15-17-27(37-5)18-16-25)30(34)29(23(4)12-10-11-22(2)3)31(35)33-26(21-39-32(33)36)19-24-13-8-7-9-14-24/h6-9,11-18,26,28-30,34H,1,10,19-21H2,2-5H3/b23-12+/t26-,28-,29+,30-/m1/s1. The van der Waals surface area contributed by atoms with Crippen molar-refractivity contribution in [3.8, 4) is 5.75 Å². The van der Waals surface area contributed by atoms with E-state index in [1.807, 2.05) is 80.6 Å². The molecule has 0 aliphatic carbocycles. The van der Waals surface area contributed by atoms with Gasteiger partial charge in [-0.05, 0) is 56.9 Å². The second-order valence-corrected chi connectivity index (χ2v) is 9.92. The van der Waals surface area contributed by atoms with Crippen LogP contribution in [0.2, 0.25) is 0 Å². The Kier molecular flexibility index (Phi) is 11.1. The van der Waals surface area contributed by atoms with Crippen molar-refractivity contribution < 1.29 is 28.9 Å². The second kappa shape index (κ2) is 14.5. The molecule has 0 unspecified atom stereocenters. The van der Waals surface area contributed by atoms with Gasteiger partial charge in [-0.15, -0.1) is 6.58 Å². The maximum Gasteiger partial charge on any atom is 0.417 e. The summed E-state index contributed by atoms with van der Waals surface area (Å²) in [5.41, 5.74) is 3.64. The highest BCUT2D eigenvalue weighted by Crippen LogP contribution is 2.28. The molecule has 3 rings (SSSR count). The van der Waals surface area contributed by atoms with Crippen molar-refractivity contribution >= 4 is 12.0 Å². The van der Waals surface area contributed by atoms with Gasteiger partial charge in [0.25, 0.3) is 0 Å². The minimum Gasteiger partial charge on any atom is -0.497 e. The van der Waals surface area contributed by atoms with Crippen LogP contribution >= 0.6 is 0 Å². The number of allylic oxidation sites excluding steroid dienone is 3. The highest BCUT2D eigenvalue weighted by atomic mass is 16.6. The Balaban J connectivity index is 1.86. The van der Waals surface area contributed by atoms with E-state index in [4.69, 9.17) is 14.2 Å². The molecule has 7 nitrogen and oxygen atoms in total. The highest BCUT2D eigenvalue weighted by Gasteiger charge is 2.44. The lowest BCUT2D eigenvalue weighted by molar-refractivity contribution is -0.139. The Morgan fingerprint density at radius 1 is 1.10 bits per heavy atom. The number of carbonyl (C=O) groups is 2. The molecule has 1 N–H and O–H groups in total. The van der Waals surface area contributed by atoms with E-state index in [9.17, 15) is 14.7 Å². The molecule has 0 saturated carbocycles. The minimum absolute atomic E-state index is 0.0989. The number of hydrogen-bond donors (Lipinski definition) is 1. The van der Waals surface area contributed by atoms with Gasteiger partial charge in [-0.25, -0.2) is 9.69 Å². The summed E-state index contributed by atoms with van der Waals surface area (Å²) >= 11 is 0. The first kappa shape index (κ1) is 29.9. The molecule has 39 heavy (non-hydrogen) atoms. The monoisotopic (exact) mass is 533 g/mol. The number of aliphatic hydroxyl groups is 1. The van der Waals surface area contributed by atoms with E-state index in [1.54, 1.807) is 14.0 Å².